The average molecular weight is 571 g/mol. The maximum Gasteiger partial charge on any atom is 0.237 e. The second kappa shape index (κ2) is 16.3. The normalized spacial score (nSPS) is 23.2. The number of rotatable bonds is 20. The molecule has 3 heterocycles. The molecule has 3 aliphatic rings. The van der Waals surface area contributed by atoms with Gasteiger partial charge in [0.25, 0.3) is 0 Å². The molecule has 2 amide bonds. The number of amides is 2. The number of allylic oxidation sites excluding steroid dienone is 2. The summed E-state index contributed by atoms with van der Waals surface area (Å²) in [5.74, 6) is -1.19. The van der Waals surface area contributed by atoms with Crippen LogP contribution in [-0.4, -0.2) is 70.0 Å². The molecule has 228 valence electrons. The summed E-state index contributed by atoms with van der Waals surface area (Å²) in [5, 5.41) is 8.58. The zero-order valence-corrected chi connectivity index (χ0v) is 25.2. The summed E-state index contributed by atoms with van der Waals surface area (Å²) >= 11 is 0. The molecule has 2 saturated heterocycles. The van der Waals surface area contributed by atoms with Crippen LogP contribution in [0.3, 0.4) is 0 Å². The second-order valence-electron chi connectivity index (χ2n) is 12.1. The predicted octanol–water partition coefficient (Wildman–Crippen LogP) is 5.40. The number of imide groups is 1. The van der Waals surface area contributed by atoms with Gasteiger partial charge in [-0.2, -0.15) is 0 Å². The molecule has 9 nitrogen and oxygen atoms in total. The fourth-order valence-electron chi connectivity index (χ4n) is 5.86. The number of ether oxygens (including phenoxy) is 3. The van der Waals surface area contributed by atoms with E-state index in [1.165, 1.54) is 56.3 Å². The van der Waals surface area contributed by atoms with Gasteiger partial charge in [-0.1, -0.05) is 80.9 Å². The summed E-state index contributed by atoms with van der Waals surface area (Å²) in [6.45, 7) is 7.36. The van der Waals surface area contributed by atoms with Crippen LogP contribution in [-0.2, 0) is 36.8 Å². The zero-order valence-electron chi connectivity index (χ0n) is 25.2. The van der Waals surface area contributed by atoms with Crippen molar-refractivity contribution in [2.45, 2.75) is 116 Å². The van der Waals surface area contributed by atoms with Gasteiger partial charge >= 0.3 is 0 Å². The first kappa shape index (κ1) is 31.6. The summed E-state index contributed by atoms with van der Waals surface area (Å²) < 4.78 is 19.0. The number of aromatic nitrogens is 3. The van der Waals surface area contributed by atoms with Crippen molar-refractivity contribution in [3.05, 3.63) is 36.2 Å². The molecule has 1 aromatic rings. The van der Waals surface area contributed by atoms with Gasteiger partial charge in [-0.15, -0.1) is 5.10 Å². The van der Waals surface area contributed by atoms with Gasteiger partial charge in [0.15, 0.2) is 5.79 Å². The minimum absolute atomic E-state index is 0.0602. The smallest absolute Gasteiger partial charge is 0.237 e. The lowest BCUT2D eigenvalue weighted by Crippen LogP contribution is -2.31. The van der Waals surface area contributed by atoms with Crippen molar-refractivity contribution in [3.63, 3.8) is 0 Å². The summed E-state index contributed by atoms with van der Waals surface area (Å²) in [7, 11) is 0. The number of unbranched alkanes of at least 4 members (excludes halogenated alkanes) is 10. The van der Waals surface area contributed by atoms with Gasteiger partial charge in [0.05, 0.1) is 30.7 Å². The average Bonchev–Trinajstić information content (AvgIpc) is 3.63. The van der Waals surface area contributed by atoms with Crippen molar-refractivity contribution in [2.24, 2.45) is 11.8 Å². The van der Waals surface area contributed by atoms with E-state index in [1.807, 2.05) is 49.0 Å². The summed E-state index contributed by atoms with van der Waals surface area (Å²) in [4.78, 5) is 26.5. The lowest BCUT2D eigenvalue weighted by molar-refractivity contribution is -0.145. The Bertz CT molecular complexity index is 989. The molecule has 4 rings (SSSR count). The van der Waals surface area contributed by atoms with Gasteiger partial charge in [-0.25, -0.2) is 0 Å². The van der Waals surface area contributed by atoms with Crippen molar-refractivity contribution in [2.75, 3.05) is 26.4 Å². The number of aryl methyl sites for hydroxylation is 2. The van der Waals surface area contributed by atoms with Gasteiger partial charge in [0, 0.05) is 25.9 Å². The SMILES string of the molecule is CC1(C)OCC(COCCCCCCCCCCCCn2cc(CCCCN3C(=O)C4C=CC=CC4C3=O)nn2)O1. The third-order valence-corrected chi connectivity index (χ3v) is 8.18. The van der Waals surface area contributed by atoms with Gasteiger partial charge < -0.3 is 14.2 Å². The highest BCUT2D eigenvalue weighted by molar-refractivity contribution is 6.07. The van der Waals surface area contributed by atoms with Gasteiger partial charge in [-0.3, -0.25) is 19.2 Å². The first-order valence-corrected chi connectivity index (χ1v) is 15.9. The molecule has 0 saturated carbocycles. The molecule has 2 aliphatic heterocycles. The lowest BCUT2D eigenvalue weighted by atomic mass is 9.91. The highest BCUT2D eigenvalue weighted by Gasteiger charge is 2.45. The number of fused-ring (bicyclic) bond motifs is 1. The molecular formula is C32H50N4O5. The third kappa shape index (κ3) is 10.1. The topological polar surface area (TPSA) is 95.8 Å². The van der Waals surface area contributed by atoms with Crippen molar-refractivity contribution in [1.29, 1.82) is 0 Å². The molecule has 0 bridgehead atoms. The Labute approximate surface area is 245 Å². The van der Waals surface area contributed by atoms with Crippen LogP contribution in [0.4, 0.5) is 0 Å². The monoisotopic (exact) mass is 570 g/mol. The van der Waals surface area contributed by atoms with Crippen LogP contribution in [0.15, 0.2) is 30.5 Å². The molecule has 3 unspecified atom stereocenters. The highest BCUT2D eigenvalue weighted by atomic mass is 16.7. The standard InChI is InChI=1S/C32H50N4O5/c1-32(2)40-25-27(41-32)24-39-22-16-10-8-6-4-3-5-7-9-14-20-35-23-26(33-34-35)17-13-15-21-36-30(37)28-18-11-12-19-29(28)31(36)38/h11-12,18-19,23,27-29H,3-10,13-17,20-22,24-25H2,1-2H3. The fraction of sp³-hybridized carbons (Fsp3) is 0.750. The molecule has 1 aromatic heterocycles. The Morgan fingerprint density at radius 3 is 2.10 bits per heavy atom. The van der Waals surface area contributed by atoms with Crippen LogP contribution >= 0.6 is 0 Å². The fourth-order valence-corrected chi connectivity index (χ4v) is 5.86. The Morgan fingerprint density at radius 1 is 0.854 bits per heavy atom. The summed E-state index contributed by atoms with van der Waals surface area (Å²) in [5.41, 5.74) is 0.983. The quantitative estimate of drug-likeness (QED) is 0.153. The lowest BCUT2D eigenvalue weighted by Gasteiger charge is -2.17. The second-order valence-corrected chi connectivity index (χ2v) is 12.1. The Morgan fingerprint density at radius 2 is 1.46 bits per heavy atom. The van der Waals surface area contributed by atoms with E-state index in [0.717, 1.165) is 50.9 Å². The zero-order chi connectivity index (χ0) is 28.9. The number of hydrogen-bond acceptors (Lipinski definition) is 7. The number of hydrogen-bond donors (Lipinski definition) is 0. The summed E-state index contributed by atoms with van der Waals surface area (Å²) in [6.07, 6.45) is 24.6. The first-order valence-electron chi connectivity index (χ1n) is 15.9. The number of likely N-dealkylation sites (tertiary alicyclic amines) is 1. The third-order valence-electron chi connectivity index (χ3n) is 8.18. The molecular weight excluding hydrogens is 520 g/mol. The van der Waals surface area contributed by atoms with Gasteiger partial charge in [0.2, 0.25) is 11.8 Å². The number of nitrogens with zero attached hydrogens (tertiary/aromatic N) is 4. The molecule has 0 aromatic carbocycles. The number of carbonyl (C=O) groups is 2. The largest absolute Gasteiger partial charge is 0.379 e. The minimum Gasteiger partial charge on any atom is -0.379 e. The molecule has 9 heteroatoms. The van der Waals surface area contributed by atoms with Crippen molar-refractivity contribution in [3.8, 4) is 0 Å². The van der Waals surface area contributed by atoms with E-state index in [0.29, 0.717) is 19.8 Å². The van der Waals surface area contributed by atoms with E-state index in [4.69, 9.17) is 14.2 Å². The molecule has 0 N–H and O–H groups in total. The van der Waals surface area contributed by atoms with Crippen molar-refractivity contribution < 1.29 is 23.8 Å². The van der Waals surface area contributed by atoms with Crippen LogP contribution in [0.25, 0.3) is 0 Å². The van der Waals surface area contributed by atoms with Crippen LogP contribution in [0, 0.1) is 11.8 Å². The van der Waals surface area contributed by atoms with Gasteiger partial charge in [0.1, 0.15) is 6.10 Å². The molecule has 0 spiro atoms. The molecule has 0 radical (unpaired) electrons. The van der Waals surface area contributed by atoms with Crippen LogP contribution in [0.5, 0.6) is 0 Å². The molecule has 2 fully saturated rings. The van der Waals surface area contributed by atoms with E-state index >= 15 is 0 Å². The van der Waals surface area contributed by atoms with E-state index in [2.05, 4.69) is 10.3 Å². The summed E-state index contributed by atoms with van der Waals surface area (Å²) in [6, 6.07) is 0. The first-order chi connectivity index (χ1) is 19.9. The van der Waals surface area contributed by atoms with E-state index in [9.17, 15) is 9.59 Å². The Kier molecular flexibility index (Phi) is 12.6. The Hall–Kier alpha value is -2.36. The number of carbonyl (C=O) groups excluding carboxylic acids is 2. The van der Waals surface area contributed by atoms with Crippen molar-refractivity contribution in [1.82, 2.24) is 19.9 Å². The highest BCUT2D eigenvalue weighted by Crippen LogP contribution is 2.31. The van der Waals surface area contributed by atoms with E-state index in [-0.39, 0.29) is 29.8 Å². The predicted molar refractivity (Wildman–Crippen MR) is 157 cm³/mol. The van der Waals surface area contributed by atoms with Crippen molar-refractivity contribution >= 4 is 11.8 Å². The molecule has 41 heavy (non-hydrogen) atoms. The minimum atomic E-state index is -0.462. The van der Waals surface area contributed by atoms with Gasteiger partial charge in [-0.05, 0) is 46.0 Å². The van der Waals surface area contributed by atoms with Crippen LogP contribution < -0.4 is 0 Å². The molecule has 3 atom stereocenters. The Balaban J connectivity index is 0.920. The maximum atomic E-state index is 12.5. The van der Waals surface area contributed by atoms with Crippen LogP contribution in [0.1, 0.15) is 96.6 Å². The van der Waals surface area contributed by atoms with E-state index in [1.54, 1.807) is 0 Å². The maximum absolute atomic E-state index is 12.5. The van der Waals surface area contributed by atoms with E-state index < -0.39 is 5.79 Å². The van der Waals surface area contributed by atoms with Crippen LogP contribution in [0.2, 0.25) is 0 Å². The molecule has 1 aliphatic carbocycles.